The number of rotatable bonds is 3. The SMILES string of the molecule is Fc1c(F)c(F)c(-c2cc(-c3c(F)c(F)c(F)c(F)c3F)c(Br)c(-c3c(F)c(F)c(F)c(F)c3F)c2)c(F)c1F. The van der Waals surface area contributed by atoms with E-state index in [-0.39, 0.29) is 12.1 Å². The molecule has 0 bridgehead atoms. The van der Waals surface area contributed by atoms with Crippen molar-refractivity contribution in [2.75, 3.05) is 0 Å². The van der Waals surface area contributed by atoms with E-state index in [1.54, 1.807) is 0 Å². The van der Waals surface area contributed by atoms with Gasteiger partial charge in [0.25, 0.3) is 0 Å². The van der Waals surface area contributed by atoms with Crippen LogP contribution in [0.15, 0.2) is 16.6 Å². The molecule has 0 spiro atoms. The Kier molecular flexibility index (Phi) is 7.36. The molecule has 0 heterocycles. The average Bonchev–Trinajstić information content (AvgIpc) is 2.92. The van der Waals surface area contributed by atoms with Crippen molar-refractivity contribution in [3.63, 3.8) is 0 Å². The molecule has 0 radical (unpaired) electrons. The van der Waals surface area contributed by atoms with Crippen LogP contribution in [0.4, 0.5) is 65.9 Å². The number of benzene rings is 4. The first-order chi connectivity index (χ1) is 18.5. The molecule has 4 rings (SSSR count). The highest BCUT2D eigenvalue weighted by Gasteiger charge is 2.34. The summed E-state index contributed by atoms with van der Waals surface area (Å²) in [5, 5.41) is 0. The van der Waals surface area contributed by atoms with Crippen LogP contribution in [0.2, 0.25) is 0 Å². The van der Waals surface area contributed by atoms with Gasteiger partial charge in [-0.2, -0.15) is 0 Å². The average molecular weight is 655 g/mol. The van der Waals surface area contributed by atoms with Crippen molar-refractivity contribution in [1.29, 1.82) is 0 Å². The molecule has 0 aliphatic carbocycles. The van der Waals surface area contributed by atoms with Crippen molar-refractivity contribution in [3.8, 4) is 33.4 Å². The zero-order chi connectivity index (χ0) is 30.1. The zero-order valence-corrected chi connectivity index (χ0v) is 19.8. The van der Waals surface area contributed by atoms with Gasteiger partial charge < -0.3 is 0 Å². The third-order valence-corrected chi connectivity index (χ3v) is 6.38. The summed E-state index contributed by atoms with van der Waals surface area (Å²) in [6.07, 6.45) is 0. The summed E-state index contributed by atoms with van der Waals surface area (Å²) in [6.45, 7) is 0. The summed E-state index contributed by atoms with van der Waals surface area (Å²) in [5.41, 5.74) is -10.2. The largest absolute Gasteiger partial charge is 0.203 e. The summed E-state index contributed by atoms with van der Waals surface area (Å²) >= 11 is 2.47. The Labute approximate surface area is 219 Å². The van der Waals surface area contributed by atoms with Gasteiger partial charge in [-0.1, -0.05) is 0 Å². The maximum atomic E-state index is 14.6. The minimum Gasteiger partial charge on any atom is -0.203 e. The van der Waals surface area contributed by atoms with E-state index < -0.39 is 125 Å². The van der Waals surface area contributed by atoms with Crippen LogP contribution < -0.4 is 0 Å². The molecule has 40 heavy (non-hydrogen) atoms. The van der Waals surface area contributed by atoms with Gasteiger partial charge in [0.15, 0.2) is 69.8 Å². The molecule has 0 saturated heterocycles. The van der Waals surface area contributed by atoms with Gasteiger partial charge in [0.2, 0.25) is 17.5 Å². The molecule has 4 aromatic rings. The van der Waals surface area contributed by atoms with Crippen LogP contribution in [0.5, 0.6) is 0 Å². The molecular weight excluding hydrogens is 653 g/mol. The van der Waals surface area contributed by atoms with Crippen LogP contribution in [0.3, 0.4) is 0 Å². The summed E-state index contributed by atoms with van der Waals surface area (Å²) in [4.78, 5) is 0. The molecule has 0 atom stereocenters. The second kappa shape index (κ2) is 10.1. The lowest BCUT2D eigenvalue weighted by Gasteiger charge is -2.18. The Morgan fingerprint density at radius 3 is 0.750 bits per heavy atom. The predicted molar refractivity (Wildman–Crippen MR) is 110 cm³/mol. The van der Waals surface area contributed by atoms with Crippen LogP contribution in [-0.4, -0.2) is 0 Å². The molecule has 0 amide bonds. The van der Waals surface area contributed by atoms with E-state index in [9.17, 15) is 65.9 Å². The van der Waals surface area contributed by atoms with E-state index >= 15 is 0 Å². The highest BCUT2D eigenvalue weighted by molar-refractivity contribution is 9.10. The predicted octanol–water partition coefficient (Wildman–Crippen LogP) is 9.54. The second-order valence-electron chi connectivity index (χ2n) is 7.72. The van der Waals surface area contributed by atoms with Crippen molar-refractivity contribution in [2.24, 2.45) is 0 Å². The van der Waals surface area contributed by atoms with Gasteiger partial charge in [-0.15, -0.1) is 0 Å². The quantitative estimate of drug-likeness (QED) is 0.117. The molecule has 0 aliphatic rings. The first-order valence-corrected chi connectivity index (χ1v) is 10.7. The third-order valence-electron chi connectivity index (χ3n) is 5.53. The van der Waals surface area contributed by atoms with E-state index in [0.29, 0.717) is 0 Å². The van der Waals surface area contributed by atoms with Gasteiger partial charge in [0.05, 0.1) is 16.7 Å². The molecule has 0 aliphatic heterocycles. The molecule has 0 unspecified atom stereocenters. The topological polar surface area (TPSA) is 0 Å². The van der Waals surface area contributed by atoms with Crippen molar-refractivity contribution < 1.29 is 65.9 Å². The van der Waals surface area contributed by atoms with Crippen LogP contribution in [0.1, 0.15) is 0 Å². The lowest BCUT2D eigenvalue weighted by molar-refractivity contribution is 0.380. The third kappa shape index (κ3) is 4.10. The van der Waals surface area contributed by atoms with Crippen molar-refractivity contribution >= 4 is 15.9 Å². The van der Waals surface area contributed by atoms with E-state index in [0.717, 1.165) is 0 Å². The first kappa shape index (κ1) is 29.3. The molecule has 0 fully saturated rings. The highest BCUT2D eigenvalue weighted by Crippen LogP contribution is 2.46. The number of hydrogen-bond acceptors (Lipinski definition) is 0. The Bertz CT molecular complexity index is 1590. The summed E-state index contributed by atoms with van der Waals surface area (Å²) in [5.74, 6) is -39.7. The standard InChI is InChI=1S/C24H2BrF15/c25-9-4(7-12(28)18(34)23(39)19(35)13(7)29)1-3(6-10(26)16(32)22(38)17(33)11(6)27)2-5(9)8-14(30)20(36)24(40)21(37)15(8)31/h1-2H. The molecule has 210 valence electrons. The highest BCUT2D eigenvalue weighted by atomic mass is 79.9. The van der Waals surface area contributed by atoms with E-state index in [1.165, 1.54) is 0 Å². The van der Waals surface area contributed by atoms with E-state index in [4.69, 9.17) is 0 Å². The van der Waals surface area contributed by atoms with Crippen molar-refractivity contribution in [1.82, 2.24) is 0 Å². The molecule has 16 heteroatoms. The molecule has 0 aromatic heterocycles. The molecule has 0 N–H and O–H groups in total. The fourth-order valence-corrected chi connectivity index (χ4v) is 4.30. The number of hydrogen-bond donors (Lipinski definition) is 0. The lowest BCUT2D eigenvalue weighted by Crippen LogP contribution is -2.08. The normalized spacial score (nSPS) is 11.5. The monoisotopic (exact) mass is 654 g/mol. The van der Waals surface area contributed by atoms with Gasteiger partial charge in [-0.25, -0.2) is 65.9 Å². The minimum atomic E-state index is -2.70. The van der Waals surface area contributed by atoms with Gasteiger partial charge in [0, 0.05) is 15.6 Å². The first-order valence-electron chi connectivity index (χ1n) is 9.93. The number of halogens is 16. The summed E-state index contributed by atoms with van der Waals surface area (Å²) < 4.78 is 211. The smallest absolute Gasteiger partial charge is 0.200 e. The fraction of sp³-hybridized carbons (Fsp3) is 0. The van der Waals surface area contributed by atoms with Crippen molar-refractivity contribution in [2.45, 2.75) is 0 Å². The summed E-state index contributed by atoms with van der Waals surface area (Å²) in [6, 6.07) is 0.159. The fourth-order valence-electron chi connectivity index (χ4n) is 3.67. The molecule has 0 nitrogen and oxygen atoms in total. The Hall–Kier alpha value is -3.69. The Morgan fingerprint density at radius 1 is 0.300 bits per heavy atom. The minimum absolute atomic E-state index is 0.0796. The van der Waals surface area contributed by atoms with Crippen LogP contribution in [0.25, 0.3) is 33.4 Å². The van der Waals surface area contributed by atoms with Crippen molar-refractivity contribution in [3.05, 3.63) is 104 Å². The van der Waals surface area contributed by atoms with E-state index in [2.05, 4.69) is 15.9 Å². The van der Waals surface area contributed by atoms with Crippen LogP contribution in [-0.2, 0) is 0 Å². The maximum absolute atomic E-state index is 14.6. The molecular formula is C24H2BrF15. The van der Waals surface area contributed by atoms with Gasteiger partial charge in [-0.3, -0.25) is 0 Å². The Balaban J connectivity index is 2.28. The van der Waals surface area contributed by atoms with Gasteiger partial charge >= 0.3 is 0 Å². The molecule has 0 saturated carbocycles. The van der Waals surface area contributed by atoms with Crippen LogP contribution >= 0.6 is 15.9 Å². The Morgan fingerprint density at radius 2 is 0.500 bits per heavy atom. The van der Waals surface area contributed by atoms with Crippen LogP contribution in [0, 0.1) is 87.3 Å². The van der Waals surface area contributed by atoms with Gasteiger partial charge in [-0.05, 0) is 33.6 Å². The zero-order valence-electron chi connectivity index (χ0n) is 18.2. The van der Waals surface area contributed by atoms with Gasteiger partial charge in [0.1, 0.15) is 0 Å². The summed E-state index contributed by atoms with van der Waals surface area (Å²) in [7, 11) is 0. The second-order valence-corrected chi connectivity index (χ2v) is 8.51. The maximum Gasteiger partial charge on any atom is 0.200 e. The van der Waals surface area contributed by atoms with E-state index in [1.807, 2.05) is 0 Å². The molecule has 4 aromatic carbocycles. The lowest BCUT2D eigenvalue weighted by atomic mass is 9.91.